The van der Waals surface area contributed by atoms with Crippen molar-refractivity contribution in [3.05, 3.63) is 45.9 Å². The minimum Gasteiger partial charge on any atom is -0.496 e. The van der Waals surface area contributed by atoms with E-state index >= 15 is 0 Å². The lowest BCUT2D eigenvalue weighted by Crippen LogP contribution is -2.25. The van der Waals surface area contributed by atoms with Gasteiger partial charge in [-0.05, 0) is 120 Å². The van der Waals surface area contributed by atoms with E-state index in [0.717, 1.165) is 6.07 Å². The van der Waals surface area contributed by atoms with E-state index in [1.807, 2.05) is 0 Å². The summed E-state index contributed by atoms with van der Waals surface area (Å²) in [7, 11) is -5.77. The summed E-state index contributed by atoms with van der Waals surface area (Å²) in [5.74, 6) is 0.206. The molecule has 9 nitrogen and oxygen atoms in total. The van der Waals surface area contributed by atoms with Gasteiger partial charge >= 0.3 is 21.4 Å². The highest BCUT2D eigenvalue weighted by atomic mass is 79.9. The number of rotatable bonds is 16. The van der Waals surface area contributed by atoms with Crippen molar-refractivity contribution < 1.29 is 49.9 Å². The van der Waals surface area contributed by atoms with E-state index < -0.39 is 56.7 Å². The van der Waals surface area contributed by atoms with E-state index in [1.165, 1.54) is 20.3 Å². The summed E-state index contributed by atoms with van der Waals surface area (Å²) in [6.45, 7) is 15.3. The average Bonchev–Trinajstić information content (AvgIpc) is 3.20. The number of aryl methyl sites for hydroxylation is 2. The molecule has 270 valence electrons. The van der Waals surface area contributed by atoms with Crippen LogP contribution < -0.4 is 9.47 Å². The Bertz CT molecular complexity index is 1610. The van der Waals surface area contributed by atoms with Crippen LogP contribution in [0.2, 0.25) is 0 Å². The number of benzene rings is 2. The van der Waals surface area contributed by atoms with Crippen LogP contribution in [0.3, 0.4) is 0 Å². The highest BCUT2D eigenvalue weighted by Gasteiger charge is 2.52. The van der Waals surface area contributed by atoms with Crippen molar-refractivity contribution in [3.63, 3.8) is 0 Å². The molecule has 3 aromatic rings. The van der Waals surface area contributed by atoms with Crippen LogP contribution in [0.25, 0.3) is 22.2 Å². The summed E-state index contributed by atoms with van der Waals surface area (Å²) in [5.41, 5.74) is 1.32. The Morgan fingerprint density at radius 1 is 0.771 bits per heavy atom. The molecule has 0 amide bonds. The first kappa shape index (κ1) is 40.6. The molecule has 1 aromatic heterocycles. The van der Waals surface area contributed by atoms with Crippen molar-refractivity contribution in [1.82, 2.24) is 4.57 Å². The lowest BCUT2D eigenvalue weighted by Gasteiger charge is -2.35. The number of methoxy groups -OCH3 is 2. The summed E-state index contributed by atoms with van der Waals surface area (Å²) in [6.07, 6.45) is -7.08. The Morgan fingerprint density at radius 3 is 1.65 bits per heavy atom. The molecule has 0 N–H and O–H groups in total. The third-order valence-corrected chi connectivity index (χ3v) is 14.3. The monoisotopic (exact) mass is 783 g/mol. The van der Waals surface area contributed by atoms with Crippen LogP contribution in [-0.4, -0.2) is 48.6 Å². The fourth-order valence-electron chi connectivity index (χ4n) is 5.59. The quantitative estimate of drug-likeness (QED) is 0.133. The number of nitrogens with zero attached hydrogens (tertiary/aromatic N) is 1. The Balaban J connectivity index is 2.39. The van der Waals surface area contributed by atoms with Crippen LogP contribution in [-0.2, 0) is 39.9 Å². The number of fused-ring (bicyclic) bond motifs is 1. The third-order valence-electron chi connectivity index (χ3n) is 7.14. The van der Waals surface area contributed by atoms with Gasteiger partial charge in [0.05, 0.1) is 59.9 Å². The van der Waals surface area contributed by atoms with Gasteiger partial charge in [0.2, 0.25) is 0 Å². The van der Waals surface area contributed by atoms with Crippen LogP contribution >= 0.6 is 31.1 Å². The van der Waals surface area contributed by atoms with Crippen molar-refractivity contribution >= 4 is 42.0 Å². The smallest absolute Gasteiger partial charge is 0.419 e. The predicted octanol–water partition coefficient (Wildman–Crippen LogP) is 11.2. The Morgan fingerprint density at radius 2 is 1.25 bits per heavy atom. The molecular weight excluding hydrogens is 737 g/mol. The molecule has 0 spiro atoms. The van der Waals surface area contributed by atoms with E-state index in [1.54, 1.807) is 85.1 Å². The van der Waals surface area contributed by atoms with Crippen LogP contribution in [0, 0.1) is 6.92 Å². The van der Waals surface area contributed by atoms with Gasteiger partial charge in [-0.1, -0.05) is 0 Å². The summed E-state index contributed by atoms with van der Waals surface area (Å²) in [5, 5.41) is -1.05. The maximum absolute atomic E-state index is 14.8. The van der Waals surface area contributed by atoms with Crippen LogP contribution in [0.1, 0.15) is 72.9 Å². The zero-order chi connectivity index (χ0) is 36.4. The fourth-order valence-corrected chi connectivity index (χ4v) is 12.0. The van der Waals surface area contributed by atoms with Gasteiger partial charge in [-0.3, -0.25) is 9.13 Å². The number of ether oxygens (including phenoxy) is 2. The maximum atomic E-state index is 14.8. The molecule has 2 aromatic carbocycles. The van der Waals surface area contributed by atoms with Gasteiger partial charge in [0, 0.05) is 18.0 Å². The van der Waals surface area contributed by atoms with E-state index in [-0.39, 0.29) is 18.7 Å². The van der Waals surface area contributed by atoms with Crippen molar-refractivity contribution in [2.45, 2.75) is 111 Å². The summed E-state index contributed by atoms with van der Waals surface area (Å²) < 4.78 is 109. The molecule has 3 rings (SSSR count). The first-order chi connectivity index (χ1) is 22.2. The second-order valence-corrected chi connectivity index (χ2v) is 18.0. The van der Waals surface area contributed by atoms with Crippen molar-refractivity contribution in [2.75, 3.05) is 14.2 Å². The Kier molecular flexibility index (Phi) is 13.5. The molecule has 0 atom stereocenters. The summed E-state index contributed by atoms with van der Waals surface area (Å²) >= 11 is 3.52. The summed E-state index contributed by atoms with van der Waals surface area (Å²) in [4.78, 5) is 0. The number of aromatic nitrogens is 1. The van der Waals surface area contributed by atoms with Crippen molar-refractivity contribution in [2.24, 2.45) is 0 Å². The van der Waals surface area contributed by atoms with Gasteiger partial charge in [-0.2, -0.15) is 13.2 Å². The Hall–Kier alpha value is -1.85. The van der Waals surface area contributed by atoms with Crippen molar-refractivity contribution in [3.8, 4) is 22.8 Å². The van der Waals surface area contributed by atoms with Crippen LogP contribution in [0.4, 0.5) is 13.2 Å². The number of hydrogen-bond donors (Lipinski definition) is 0. The van der Waals surface area contributed by atoms with Gasteiger partial charge in [0.15, 0.2) is 5.40 Å². The van der Waals surface area contributed by atoms with Gasteiger partial charge < -0.3 is 32.1 Å². The molecule has 1 heterocycles. The van der Waals surface area contributed by atoms with E-state index in [4.69, 9.17) is 27.6 Å². The molecule has 0 aliphatic rings. The first-order valence-corrected chi connectivity index (χ1v) is 19.7. The van der Waals surface area contributed by atoms with Gasteiger partial charge in [0.1, 0.15) is 11.5 Å². The molecule has 0 aliphatic carbocycles. The van der Waals surface area contributed by atoms with Gasteiger partial charge in [0.25, 0.3) is 0 Å². The van der Waals surface area contributed by atoms with Gasteiger partial charge in [-0.25, -0.2) is 0 Å². The number of halogens is 4. The molecular formula is C33H47BrF3NO8P2. The molecule has 0 saturated carbocycles. The van der Waals surface area contributed by atoms with E-state index in [9.17, 15) is 22.3 Å². The lowest BCUT2D eigenvalue weighted by atomic mass is 10.0. The second-order valence-electron chi connectivity index (χ2n) is 12.5. The maximum Gasteiger partial charge on any atom is 0.419 e. The standard InChI is InChI=1S/C33H47BrF3NO8P2/c1-19(2)43-47(39,44-20(3)4)31(48(40,45-21(5)6)46-22(7)8)14-15-38-28-18-30(42-11)26(33(35,36)37)17-25(28)23(9)32(38)24-12-13-29(41-10)27(34)16-24/h12-13,16-22,31H,14-15H2,1-11H3. The molecule has 0 unspecified atom stereocenters. The fraction of sp³-hybridized carbons (Fsp3) is 0.576. The normalized spacial score (nSPS) is 13.2. The average molecular weight is 785 g/mol. The number of alkyl halides is 3. The second kappa shape index (κ2) is 16.0. The molecule has 0 bridgehead atoms. The van der Waals surface area contributed by atoms with Crippen LogP contribution in [0.5, 0.6) is 11.5 Å². The zero-order valence-corrected chi connectivity index (χ0v) is 32.7. The minimum absolute atomic E-state index is 0.0162. The number of hydrogen-bond acceptors (Lipinski definition) is 8. The molecule has 0 radical (unpaired) electrons. The summed E-state index contributed by atoms with van der Waals surface area (Å²) in [6, 6.07) is 7.76. The largest absolute Gasteiger partial charge is 0.496 e. The SMILES string of the molecule is COc1ccc(-c2c(C)c3cc(C(F)(F)F)c(OC)cc3n2CCC(P(=O)(OC(C)C)OC(C)C)P(=O)(OC(C)C)OC(C)C)cc1Br. The minimum atomic E-state index is -4.67. The molecule has 0 aliphatic heterocycles. The van der Waals surface area contributed by atoms with E-state index in [0.29, 0.717) is 37.9 Å². The highest BCUT2D eigenvalue weighted by Crippen LogP contribution is 2.73. The highest BCUT2D eigenvalue weighted by molar-refractivity contribution is 9.10. The Labute approximate surface area is 289 Å². The van der Waals surface area contributed by atoms with Crippen molar-refractivity contribution in [1.29, 1.82) is 0 Å². The van der Waals surface area contributed by atoms with Gasteiger partial charge in [-0.15, -0.1) is 0 Å². The first-order valence-electron chi connectivity index (χ1n) is 15.7. The van der Waals surface area contributed by atoms with Crippen LogP contribution in [0.15, 0.2) is 34.8 Å². The predicted molar refractivity (Wildman–Crippen MR) is 186 cm³/mol. The molecule has 15 heteroatoms. The molecule has 0 saturated heterocycles. The third kappa shape index (κ3) is 9.27. The lowest BCUT2D eigenvalue weighted by molar-refractivity contribution is -0.138. The zero-order valence-electron chi connectivity index (χ0n) is 29.3. The topological polar surface area (TPSA) is 94.5 Å². The molecule has 0 fully saturated rings. The van der Waals surface area contributed by atoms with E-state index in [2.05, 4.69) is 15.9 Å². The molecule has 48 heavy (non-hydrogen) atoms.